The third-order valence-corrected chi connectivity index (χ3v) is 3.67. The van der Waals surface area contributed by atoms with Gasteiger partial charge in [-0.15, -0.1) is 0 Å². The Hall–Kier alpha value is -0.970. The summed E-state index contributed by atoms with van der Waals surface area (Å²) in [6, 6.07) is 0. The van der Waals surface area contributed by atoms with Crippen molar-refractivity contribution < 1.29 is 28.1 Å². The number of carbonyl (C=O) groups is 2. The first-order valence-corrected chi connectivity index (χ1v) is 8.69. The Labute approximate surface area is 126 Å². The van der Waals surface area contributed by atoms with Crippen LogP contribution in [0.3, 0.4) is 0 Å². The maximum atomic E-state index is 11.4. The van der Waals surface area contributed by atoms with Gasteiger partial charge in [0.1, 0.15) is 6.29 Å². The molecule has 0 bridgehead atoms. The highest BCUT2D eigenvalue weighted by Crippen LogP contribution is 2.43. The lowest BCUT2D eigenvalue weighted by Crippen LogP contribution is -2.05. The Kier molecular flexibility index (Phi) is 11.1. The summed E-state index contributed by atoms with van der Waals surface area (Å²) in [4.78, 5) is 30.5. The van der Waals surface area contributed by atoms with E-state index in [4.69, 9.17) is 4.52 Å². The lowest BCUT2D eigenvalue weighted by molar-refractivity contribution is -0.131. The molecule has 0 saturated heterocycles. The van der Waals surface area contributed by atoms with Crippen LogP contribution >= 0.6 is 7.82 Å². The fraction of sp³-hybridized carbons (Fsp3) is 0.714. The number of hydrogen-bond acceptors (Lipinski definition) is 5. The van der Waals surface area contributed by atoms with E-state index in [1.807, 2.05) is 0 Å². The van der Waals surface area contributed by atoms with Gasteiger partial charge in [0.15, 0.2) is 0 Å². The molecule has 0 aromatic rings. The smallest absolute Gasteiger partial charge is 0.367 e. The molecule has 1 atom stereocenters. The average molecular weight is 320 g/mol. The van der Waals surface area contributed by atoms with Gasteiger partial charge in [-0.1, -0.05) is 38.7 Å². The Balaban J connectivity index is 3.53. The maximum absolute atomic E-state index is 11.4. The van der Waals surface area contributed by atoms with E-state index in [1.165, 1.54) is 6.92 Å². The highest BCUT2D eigenvalue weighted by Gasteiger charge is 2.25. The predicted octanol–water partition coefficient (Wildman–Crippen LogP) is 3.54. The number of rotatable bonds is 13. The molecule has 0 rings (SSSR count). The molecule has 0 saturated carbocycles. The Morgan fingerprint density at radius 1 is 1.14 bits per heavy atom. The molecule has 1 unspecified atom stereocenters. The second-order valence-electron chi connectivity index (χ2n) is 4.89. The van der Waals surface area contributed by atoms with Crippen molar-refractivity contribution >= 4 is 20.1 Å². The lowest BCUT2D eigenvalue weighted by atomic mass is 10.1. The van der Waals surface area contributed by atoms with Gasteiger partial charge in [-0.05, 0) is 19.8 Å². The third-order valence-electron chi connectivity index (χ3n) is 2.77. The number of aldehydes is 1. The summed E-state index contributed by atoms with van der Waals surface area (Å²) in [7, 11) is -4.32. The molecule has 21 heavy (non-hydrogen) atoms. The van der Waals surface area contributed by atoms with Crippen molar-refractivity contribution in [3.8, 4) is 0 Å². The fourth-order valence-corrected chi connectivity index (χ4v) is 2.38. The molecule has 1 N–H and O–H groups in total. The van der Waals surface area contributed by atoms with Gasteiger partial charge in [-0.25, -0.2) is 9.36 Å². The Morgan fingerprint density at radius 3 is 2.19 bits per heavy atom. The summed E-state index contributed by atoms with van der Waals surface area (Å²) < 4.78 is 20.4. The molecule has 0 radical (unpaired) electrons. The van der Waals surface area contributed by atoms with Crippen molar-refractivity contribution in [2.45, 2.75) is 58.3 Å². The molecule has 0 aromatic heterocycles. The van der Waals surface area contributed by atoms with Crippen LogP contribution < -0.4 is 0 Å². The summed E-state index contributed by atoms with van der Waals surface area (Å²) in [5.41, 5.74) is 0.0439. The first-order valence-electron chi connectivity index (χ1n) is 7.19. The highest BCUT2D eigenvalue weighted by atomic mass is 31.2. The molecule has 0 aliphatic heterocycles. The number of hydrogen-bond donors (Lipinski definition) is 1. The van der Waals surface area contributed by atoms with Crippen molar-refractivity contribution in [2.75, 3.05) is 6.61 Å². The molecule has 0 fully saturated rings. The van der Waals surface area contributed by atoms with E-state index in [1.54, 1.807) is 0 Å². The predicted molar refractivity (Wildman–Crippen MR) is 79.7 cm³/mol. The summed E-state index contributed by atoms with van der Waals surface area (Å²) >= 11 is 0. The molecular formula is C14H25O6P. The zero-order chi connectivity index (χ0) is 16.1. The molecule has 0 aliphatic rings. The van der Waals surface area contributed by atoms with E-state index in [-0.39, 0.29) is 12.2 Å². The van der Waals surface area contributed by atoms with Gasteiger partial charge in [0.2, 0.25) is 0 Å². The lowest BCUT2D eigenvalue weighted by Gasteiger charge is -2.11. The molecule has 0 aromatic carbocycles. The molecule has 6 nitrogen and oxygen atoms in total. The first kappa shape index (κ1) is 20.0. The quantitative estimate of drug-likeness (QED) is 0.241. The van der Waals surface area contributed by atoms with Crippen LogP contribution in [0.15, 0.2) is 12.2 Å². The second-order valence-corrected chi connectivity index (χ2v) is 6.27. The van der Waals surface area contributed by atoms with Gasteiger partial charge in [0.05, 0.1) is 6.61 Å². The zero-order valence-corrected chi connectivity index (χ0v) is 13.5. The van der Waals surface area contributed by atoms with Crippen molar-refractivity contribution in [1.82, 2.24) is 0 Å². The van der Waals surface area contributed by atoms with Crippen LogP contribution in [0.25, 0.3) is 0 Å². The molecule has 0 spiro atoms. The average Bonchev–Trinajstić information content (AvgIpc) is 2.40. The molecule has 0 amide bonds. The Bertz CT molecular complexity index is 380. The van der Waals surface area contributed by atoms with Crippen LogP contribution in [0, 0.1) is 0 Å². The standard InChI is InChI=1S/C14H25O6P/c1-13(2)14(16)20-21(17,18)19-12-10-8-6-4-3-5-7-9-11-15/h11H,1,3-10,12H2,2H3,(H,17,18). The van der Waals surface area contributed by atoms with Crippen LogP contribution in [-0.4, -0.2) is 23.8 Å². The van der Waals surface area contributed by atoms with Gasteiger partial charge in [-0.3, -0.25) is 9.42 Å². The van der Waals surface area contributed by atoms with Crippen LogP contribution in [-0.2, 0) is 23.2 Å². The van der Waals surface area contributed by atoms with E-state index in [0.717, 1.165) is 44.8 Å². The Morgan fingerprint density at radius 2 is 1.67 bits per heavy atom. The SMILES string of the molecule is C=C(C)C(=O)OP(=O)(O)OCCCCCCCCCC=O. The van der Waals surface area contributed by atoms with E-state index >= 15 is 0 Å². The van der Waals surface area contributed by atoms with Crippen LogP contribution in [0.5, 0.6) is 0 Å². The second kappa shape index (κ2) is 11.7. The molecule has 0 aliphatic carbocycles. The third kappa shape index (κ3) is 12.5. The number of carbonyl (C=O) groups excluding carboxylic acids is 2. The molecule has 122 valence electrons. The first-order chi connectivity index (χ1) is 9.89. The summed E-state index contributed by atoms with van der Waals surface area (Å²) in [5.74, 6) is -0.934. The monoisotopic (exact) mass is 320 g/mol. The van der Waals surface area contributed by atoms with Crippen LogP contribution in [0.1, 0.15) is 58.3 Å². The van der Waals surface area contributed by atoms with E-state index in [0.29, 0.717) is 12.8 Å². The largest absolute Gasteiger partial charge is 0.529 e. The molecule has 0 heterocycles. The zero-order valence-electron chi connectivity index (χ0n) is 12.6. The minimum atomic E-state index is -4.32. The maximum Gasteiger partial charge on any atom is 0.529 e. The summed E-state index contributed by atoms with van der Waals surface area (Å²) in [6.45, 7) is 4.77. The minimum Gasteiger partial charge on any atom is -0.367 e. The van der Waals surface area contributed by atoms with Gasteiger partial charge in [0.25, 0.3) is 0 Å². The van der Waals surface area contributed by atoms with E-state index in [2.05, 4.69) is 11.1 Å². The minimum absolute atomic E-state index is 0.0439. The van der Waals surface area contributed by atoms with Gasteiger partial charge in [-0.2, -0.15) is 0 Å². The van der Waals surface area contributed by atoms with E-state index < -0.39 is 13.8 Å². The number of phosphoric acid groups is 1. The summed E-state index contributed by atoms with van der Waals surface area (Å²) in [5, 5.41) is 0. The number of phosphoric ester groups is 1. The molecule has 7 heteroatoms. The van der Waals surface area contributed by atoms with Crippen LogP contribution in [0.2, 0.25) is 0 Å². The van der Waals surface area contributed by atoms with Crippen molar-refractivity contribution in [1.29, 1.82) is 0 Å². The normalized spacial score (nSPS) is 13.4. The number of unbranched alkanes of at least 4 members (excludes halogenated alkanes) is 7. The van der Waals surface area contributed by atoms with Gasteiger partial charge in [0, 0.05) is 12.0 Å². The highest BCUT2D eigenvalue weighted by molar-refractivity contribution is 7.48. The van der Waals surface area contributed by atoms with Gasteiger partial charge < -0.3 is 9.32 Å². The molecular weight excluding hydrogens is 295 g/mol. The van der Waals surface area contributed by atoms with Gasteiger partial charge >= 0.3 is 13.8 Å². The van der Waals surface area contributed by atoms with Crippen molar-refractivity contribution in [3.63, 3.8) is 0 Å². The summed E-state index contributed by atoms with van der Waals surface area (Å²) in [6.07, 6.45) is 8.22. The topological polar surface area (TPSA) is 89.9 Å². The van der Waals surface area contributed by atoms with Crippen molar-refractivity contribution in [3.05, 3.63) is 12.2 Å². The van der Waals surface area contributed by atoms with E-state index in [9.17, 15) is 19.0 Å². The fourth-order valence-electron chi connectivity index (χ4n) is 1.60. The van der Waals surface area contributed by atoms with Crippen molar-refractivity contribution in [2.24, 2.45) is 0 Å². The van der Waals surface area contributed by atoms with Crippen LogP contribution in [0.4, 0.5) is 0 Å².